The van der Waals surface area contributed by atoms with Crippen LogP contribution in [0.5, 0.6) is 5.75 Å². The number of hydrogen-bond donors (Lipinski definition) is 2. The van der Waals surface area contributed by atoms with Gasteiger partial charge in [-0.15, -0.1) is 0 Å². The minimum absolute atomic E-state index is 0.199. The topological polar surface area (TPSA) is 58.6 Å². The highest BCUT2D eigenvalue weighted by Crippen LogP contribution is 2.42. The fourth-order valence-electron chi connectivity index (χ4n) is 3.66. The summed E-state index contributed by atoms with van der Waals surface area (Å²) in [5.74, 6) is 0.527. The highest BCUT2D eigenvalue weighted by molar-refractivity contribution is 7.74. The van der Waals surface area contributed by atoms with Crippen molar-refractivity contribution in [3.63, 3.8) is 0 Å². The minimum atomic E-state index is -2.37. The Morgan fingerprint density at radius 3 is 1.97 bits per heavy atom. The molecule has 2 aromatic rings. The zero-order valence-electron chi connectivity index (χ0n) is 19.4. The number of benzene rings is 2. The van der Waals surface area contributed by atoms with Crippen LogP contribution in [0.1, 0.15) is 83.2 Å². The molecule has 0 saturated carbocycles. The first-order valence-corrected chi connectivity index (χ1v) is 11.7. The third-order valence-electron chi connectivity index (χ3n) is 5.34. The normalized spacial score (nSPS) is 14.4. The van der Waals surface area contributed by atoms with Crippen LogP contribution in [0.2, 0.25) is 0 Å². The van der Waals surface area contributed by atoms with Crippen molar-refractivity contribution in [2.45, 2.75) is 78.2 Å². The number of hydrogen-bond acceptors (Lipinski definition) is 3. The van der Waals surface area contributed by atoms with E-state index >= 15 is 0 Å². The van der Waals surface area contributed by atoms with Crippen LogP contribution in [0.15, 0.2) is 42.5 Å². The molecule has 0 heterocycles. The molecule has 5 heteroatoms. The van der Waals surface area contributed by atoms with E-state index in [1.807, 2.05) is 6.07 Å². The largest absolute Gasteiger partial charge is 0.379 e. The predicted octanol–water partition coefficient (Wildman–Crippen LogP) is 6.08. The van der Waals surface area contributed by atoms with Gasteiger partial charge in [-0.05, 0) is 53.5 Å². The summed E-state index contributed by atoms with van der Waals surface area (Å²) in [6.07, 6.45) is 1.92. The fraction of sp³-hybridized carbons (Fsp3) is 0.520. The Kier molecular flexibility index (Phi) is 8.26. The van der Waals surface area contributed by atoms with Gasteiger partial charge in [0.25, 0.3) is 0 Å². The van der Waals surface area contributed by atoms with E-state index in [-0.39, 0.29) is 16.9 Å². The number of nitrogens with one attached hydrogen (secondary N) is 1. The monoisotopic (exact) mass is 431 g/mol. The highest BCUT2D eigenvalue weighted by atomic mass is 32.2. The van der Waals surface area contributed by atoms with Crippen LogP contribution < -0.4 is 9.50 Å². The second-order valence-electron chi connectivity index (χ2n) is 9.90. The van der Waals surface area contributed by atoms with Crippen LogP contribution in [0.3, 0.4) is 0 Å². The molecule has 0 spiro atoms. The molecule has 0 saturated heterocycles. The van der Waals surface area contributed by atoms with Gasteiger partial charge < -0.3 is 9.50 Å². The van der Waals surface area contributed by atoms with Crippen LogP contribution in [0.4, 0.5) is 0 Å². The van der Waals surface area contributed by atoms with Gasteiger partial charge in [-0.25, -0.2) is 0 Å². The lowest BCUT2D eigenvalue weighted by molar-refractivity contribution is 0.432. The van der Waals surface area contributed by atoms with Crippen molar-refractivity contribution in [2.75, 3.05) is 6.54 Å². The maximum absolute atomic E-state index is 11.6. The summed E-state index contributed by atoms with van der Waals surface area (Å²) in [6.45, 7) is 15.7. The molecule has 0 aliphatic heterocycles. The number of rotatable bonds is 8. The first-order valence-electron chi connectivity index (χ1n) is 10.7. The molecule has 0 aliphatic rings. The lowest BCUT2D eigenvalue weighted by atomic mass is 9.77. The van der Waals surface area contributed by atoms with Gasteiger partial charge in [0, 0.05) is 17.2 Å². The van der Waals surface area contributed by atoms with Gasteiger partial charge in [-0.3, -0.25) is 4.55 Å². The molecule has 166 valence electrons. The molecular formula is C25H37NO3S. The molecule has 30 heavy (non-hydrogen) atoms. The Morgan fingerprint density at radius 2 is 1.53 bits per heavy atom. The van der Waals surface area contributed by atoms with Crippen molar-refractivity contribution in [1.29, 1.82) is 0 Å². The molecular weight excluding hydrogens is 394 g/mol. The van der Waals surface area contributed by atoms with E-state index in [9.17, 15) is 8.76 Å². The van der Waals surface area contributed by atoms with Gasteiger partial charge in [0.05, 0.1) is 0 Å². The highest BCUT2D eigenvalue weighted by Gasteiger charge is 2.30. The van der Waals surface area contributed by atoms with E-state index in [1.165, 1.54) is 11.1 Å². The smallest absolute Gasteiger partial charge is 0.357 e. The van der Waals surface area contributed by atoms with Gasteiger partial charge in [0.2, 0.25) is 0 Å². The van der Waals surface area contributed by atoms with Crippen molar-refractivity contribution in [3.05, 3.63) is 64.7 Å². The summed E-state index contributed by atoms with van der Waals surface area (Å²) in [5, 5.41) is 3.70. The van der Waals surface area contributed by atoms with E-state index in [4.69, 9.17) is 4.18 Å². The summed E-state index contributed by atoms with van der Waals surface area (Å²) in [6, 6.07) is 15.0. The SMILES string of the molecule is CCC(NCCc1ccccc1)c1cc(C(C)(C)C)c(OS(=O)O)c(C(C)(C)C)c1. The Bertz CT molecular complexity index is 816. The standard InChI is InChI=1S/C25H37NO3S/c1-8-22(26-15-14-18-12-10-9-11-13-18)19-16-20(24(2,3)4)23(29-30(27)28)21(17-19)25(5,6)7/h9-13,16-17,22,26H,8,14-15H2,1-7H3,(H,27,28). The van der Waals surface area contributed by atoms with E-state index in [0.29, 0.717) is 5.75 Å². The summed E-state index contributed by atoms with van der Waals surface area (Å²) >= 11 is -2.37. The first kappa shape index (κ1) is 24.6. The maximum atomic E-state index is 11.6. The molecule has 0 aromatic heterocycles. The van der Waals surface area contributed by atoms with Crippen molar-refractivity contribution in [2.24, 2.45) is 0 Å². The summed E-state index contributed by atoms with van der Waals surface area (Å²) in [4.78, 5) is 0. The Morgan fingerprint density at radius 1 is 1.00 bits per heavy atom. The van der Waals surface area contributed by atoms with Gasteiger partial charge >= 0.3 is 11.4 Å². The molecule has 2 aromatic carbocycles. The Labute approximate surface area is 184 Å². The quantitative estimate of drug-likeness (QED) is 0.497. The molecule has 0 radical (unpaired) electrons. The van der Waals surface area contributed by atoms with E-state index in [0.717, 1.165) is 30.5 Å². The zero-order chi connectivity index (χ0) is 22.5. The molecule has 0 bridgehead atoms. The van der Waals surface area contributed by atoms with Gasteiger partial charge in [-0.2, -0.15) is 4.21 Å². The second-order valence-corrected chi connectivity index (χ2v) is 10.5. The Balaban J connectivity index is 2.43. The molecule has 0 aliphatic carbocycles. The minimum Gasteiger partial charge on any atom is -0.379 e. The zero-order valence-corrected chi connectivity index (χ0v) is 20.2. The van der Waals surface area contributed by atoms with Crippen LogP contribution in [-0.2, 0) is 28.6 Å². The van der Waals surface area contributed by atoms with Crippen LogP contribution in [-0.4, -0.2) is 15.3 Å². The van der Waals surface area contributed by atoms with Crippen molar-refractivity contribution >= 4 is 11.4 Å². The lowest BCUT2D eigenvalue weighted by Crippen LogP contribution is -2.26. The molecule has 2 N–H and O–H groups in total. The summed E-state index contributed by atoms with van der Waals surface area (Å²) < 4.78 is 26.5. The molecule has 2 atom stereocenters. The summed E-state index contributed by atoms with van der Waals surface area (Å²) in [5.41, 5.74) is 3.96. The molecule has 2 unspecified atom stereocenters. The Hall–Kier alpha value is -1.69. The molecule has 0 amide bonds. The van der Waals surface area contributed by atoms with Crippen molar-refractivity contribution < 1.29 is 12.9 Å². The lowest BCUT2D eigenvalue weighted by Gasteiger charge is -2.31. The predicted molar refractivity (Wildman–Crippen MR) is 126 cm³/mol. The van der Waals surface area contributed by atoms with Crippen LogP contribution in [0.25, 0.3) is 0 Å². The molecule has 2 rings (SSSR count). The fourth-order valence-corrected chi connectivity index (χ4v) is 3.98. The van der Waals surface area contributed by atoms with E-state index in [1.54, 1.807) is 0 Å². The maximum Gasteiger partial charge on any atom is 0.357 e. The third kappa shape index (κ3) is 6.66. The van der Waals surface area contributed by atoms with Gasteiger partial charge in [-0.1, -0.05) is 78.8 Å². The van der Waals surface area contributed by atoms with Gasteiger partial charge in [0.1, 0.15) is 5.75 Å². The van der Waals surface area contributed by atoms with Crippen LogP contribution >= 0.6 is 0 Å². The molecule has 0 fully saturated rings. The van der Waals surface area contributed by atoms with Crippen molar-refractivity contribution in [1.82, 2.24) is 5.32 Å². The first-order chi connectivity index (χ1) is 13.9. The van der Waals surface area contributed by atoms with E-state index in [2.05, 4.69) is 90.2 Å². The average molecular weight is 432 g/mol. The average Bonchev–Trinajstić information content (AvgIpc) is 2.64. The van der Waals surface area contributed by atoms with E-state index < -0.39 is 11.4 Å². The van der Waals surface area contributed by atoms with Gasteiger partial charge in [0.15, 0.2) is 0 Å². The molecule has 4 nitrogen and oxygen atoms in total. The van der Waals surface area contributed by atoms with Crippen LogP contribution in [0, 0.1) is 0 Å². The third-order valence-corrected chi connectivity index (χ3v) is 5.65. The second kappa shape index (κ2) is 10.1. The summed E-state index contributed by atoms with van der Waals surface area (Å²) in [7, 11) is 0. The van der Waals surface area contributed by atoms with Crippen molar-refractivity contribution in [3.8, 4) is 5.75 Å².